The predicted molar refractivity (Wildman–Crippen MR) is 100 cm³/mol. The first-order chi connectivity index (χ1) is 14.4. The number of benzene rings is 2. The molecule has 0 N–H and O–H groups in total. The molecule has 2 heterocycles. The Morgan fingerprint density at radius 3 is 2.33 bits per heavy atom. The molecule has 4 rings (SSSR count). The Morgan fingerprint density at radius 1 is 1.00 bits per heavy atom. The van der Waals surface area contributed by atoms with Crippen LogP contribution in [0.4, 0.5) is 13.2 Å². The molecule has 1 aliphatic heterocycles. The first-order valence-electron chi connectivity index (χ1n) is 9.43. The number of ether oxygens (including phenoxy) is 1. The van der Waals surface area contributed by atoms with Crippen LogP contribution in [0.25, 0.3) is 0 Å². The fourth-order valence-electron chi connectivity index (χ4n) is 3.36. The van der Waals surface area contributed by atoms with E-state index in [2.05, 4.69) is 10.2 Å². The number of nitrogens with zero attached hydrogens (tertiary/aromatic N) is 3. The third-order valence-electron chi connectivity index (χ3n) is 4.90. The minimum atomic E-state index is -4.66. The van der Waals surface area contributed by atoms with Gasteiger partial charge in [-0.15, -0.1) is 10.2 Å². The standard InChI is InChI=1S/C21H18F3N3O3/c22-21(23,24)20-26-25-18(30-20)14-10-12-27(13-11-14)19(28)16-8-4-5-9-17(16)29-15-6-2-1-3-7-15/h1-9,14H,10-13H2. The van der Waals surface area contributed by atoms with Gasteiger partial charge in [-0.1, -0.05) is 30.3 Å². The Hall–Kier alpha value is -3.36. The summed E-state index contributed by atoms with van der Waals surface area (Å²) < 4.78 is 48.6. The number of hydrogen-bond acceptors (Lipinski definition) is 5. The molecule has 0 spiro atoms. The first kappa shape index (κ1) is 19.9. The minimum absolute atomic E-state index is 0.0396. The summed E-state index contributed by atoms with van der Waals surface area (Å²) in [5.74, 6) is -0.823. The number of hydrogen-bond donors (Lipinski definition) is 0. The van der Waals surface area contributed by atoms with Crippen LogP contribution in [-0.2, 0) is 6.18 Å². The van der Waals surface area contributed by atoms with Crippen molar-refractivity contribution in [2.45, 2.75) is 24.9 Å². The lowest BCUT2D eigenvalue weighted by atomic mass is 9.96. The zero-order valence-electron chi connectivity index (χ0n) is 15.8. The summed E-state index contributed by atoms with van der Waals surface area (Å²) in [5.41, 5.74) is 0.428. The number of halogens is 3. The fourth-order valence-corrected chi connectivity index (χ4v) is 3.36. The number of para-hydroxylation sites is 2. The molecule has 6 nitrogen and oxygen atoms in total. The molecular formula is C21H18F3N3O3. The van der Waals surface area contributed by atoms with E-state index in [4.69, 9.17) is 9.15 Å². The monoisotopic (exact) mass is 417 g/mol. The van der Waals surface area contributed by atoms with Crippen molar-refractivity contribution in [2.75, 3.05) is 13.1 Å². The number of carbonyl (C=O) groups excluding carboxylic acids is 1. The van der Waals surface area contributed by atoms with Gasteiger partial charge in [0.2, 0.25) is 5.89 Å². The number of aromatic nitrogens is 2. The largest absolute Gasteiger partial charge is 0.470 e. The van der Waals surface area contributed by atoms with E-state index in [1.165, 1.54) is 0 Å². The number of alkyl halides is 3. The topological polar surface area (TPSA) is 68.5 Å². The third kappa shape index (κ3) is 4.29. The molecule has 30 heavy (non-hydrogen) atoms. The van der Waals surface area contributed by atoms with Crippen LogP contribution >= 0.6 is 0 Å². The molecule has 0 radical (unpaired) electrons. The lowest BCUT2D eigenvalue weighted by molar-refractivity contribution is -0.157. The molecule has 0 aliphatic carbocycles. The van der Waals surface area contributed by atoms with Crippen molar-refractivity contribution < 1.29 is 27.1 Å². The molecule has 1 saturated heterocycles. The quantitative estimate of drug-likeness (QED) is 0.604. The third-order valence-corrected chi connectivity index (χ3v) is 4.90. The molecule has 9 heteroatoms. The molecule has 0 unspecified atom stereocenters. The van der Waals surface area contributed by atoms with E-state index < -0.39 is 12.1 Å². The highest BCUT2D eigenvalue weighted by Gasteiger charge is 2.39. The van der Waals surface area contributed by atoms with Crippen molar-refractivity contribution in [3.63, 3.8) is 0 Å². The van der Waals surface area contributed by atoms with Gasteiger partial charge >= 0.3 is 12.1 Å². The van der Waals surface area contributed by atoms with E-state index in [0.717, 1.165) is 0 Å². The molecule has 0 atom stereocenters. The maximum Gasteiger partial charge on any atom is 0.470 e. The van der Waals surface area contributed by atoms with Gasteiger partial charge in [-0.2, -0.15) is 13.2 Å². The zero-order chi connectivity index (χ0) is 21.1. The molecule has 1 fully saturated rings. The van der Waals surface area contributed by atoms with Gasteiger partial charge in [0.1, 0.15) is 11.5 Å². The summed E-state index contributed by atoms with van der Waals surface area (Å²) in [7, 11) is 0. The second-order valence-electron chi connectivity index (χ2n) is 6.92. The summed E-state index contributed by atoms with van der Waals surface area (Å²) in [6, 6.07) is 16.1. The van der Waals surface area contributed by atoms with Crippen molar-refractivity contribution in [1.82, 2.24) is 15.1 Å². The summed E-state index contributed by atoms with van der Waals surface area (Å²) in [6.07, 6.45) is -3.79. The highest BCUT2D eigenvalue weighted by molar-refractivity contribution is 5.97. The lowest BCUT2D eigenvalue weighted by Gasteiger charge is -2.30. The molecule has 1 aromatic heterocycles. The van der Waals surface area contributed by atoms with Crippen LogP contribution in [0.5, 0.6) is 11.5 Å². The molecule has 0 saturated carbocycles. The molecule has 156 valence electrons. The van der Waals surface area contributed by atoms with Gasteiger partial charge in [0.25, 0.3) is 5.91 Å². The van der Waals surface area contributed by atoms with Crippen molar-refractivity contribution in [1.29, 1.82) is 0 Å². The number of likely N-dealkylation sites (tertiary alicyclic amines) is 1. The van der Waals surface area contributed by atoms with Crippen LogP contribution in [0.15, 0.2) is 59.0 Å². The Balaban J connectivity index is 1.43. The molecule has 3 aromatic rings. The van der Waals surface area contributed by atoms with Gasteiger partial charge in [0, 0.05) is 19.0 Å². The predicted octanol–water partition coefficient (Wildman–Crippen LogP) is 4.90. The second kappa shape index (κ2) is 8.17. The second-order valence-corrected chi connectivity index (χ2v) is 6.92. The van der Waals surface area contributed by atoms with Crippen molar-refractivity contribution in [3.8, 4) is 11.5 Å². The van der Waals surface area contributed by atoms with Gasteiger partial charge in [0.15, 0.2) is 0 Å². The SMILES string of the molecule is O=C(c1ccccc1Oc1ccccc1)N1CCC(c2nnc(C(F)(F)F)o2)CC1. The van der Waals surface area contributed by atoms with Crippen molar-refractivity contribution >= 4 is 5.91 Å². The molecule has 1 aliphatic rings. The van der Waals surface area contributed by atoms with E-state index in [1.54, 1.807) is 41.3 Å². The number of rotatable bonds is 4. The Labute approximate surface area is 170 Å². The number of carbonyl (C=O) groups is 1. The highest BCUT2D eigenvalue weighted by Crippen LogP contribution is 2.33. The van der Waals surface area contributed by atoms with Crippen molar-refractivity contribution in [3.05, 3.63) is 71.9 Å². The maximum absolute atomic E-state index is 13.0. The van der Waals surface area contributed by atoms with Crippen LogP contribution in [0, 0.1) is 0 Å². The Bertz CT molecular complexity index is 1010. The zero-order valence-corrected chi connectivity index (χ0v) is 15.8. The van der Waals surface area contributed by atoms with E-state index in [1.807, 2.05) is 18.2 Å². The minimum Gasteiger partial charge on any atom is -0.457 e. The smallest absolute Gasteiger partial charge is 0.457 e. The average Bonchev–Trinajstić information content (AvgIpc) is 3.26. The first-order valence-corrected chi connectivity index (χ1v) is 9.43. The highest BCUT2D eigenvalue weighted by atomic mass is 19.4. The maximum atomic E-state index is 13.0. The van der Waals surface area contributed by atoms with Crippen molar-refractivity contribution in [2.24, 2.45) is 0 Å². The summed E-state index contributed by atoms with van der Waals surface area (Å²) in [5, 5.41) is 6.61. The van der Waals surface area contributed by atoms with Crippen LogP contribution < -0.4 is 4.74 Å². The fraction of sp³-hybridized carbons (Fsp3) is 0.286. The normalized spacial score (nSPS) is 15.2. The van der Waals surface area contributed by atoms with Gasteiger partial charge in [0.05, 0.1) is 5.56 Å². The number of amides is 1. The van der Waals surface area contributed by atoms with Crippen LogP contribution in [0.2, 0.25) is 0 Å². The summed E-state index contributed by atoms with van der Waals surface area (Å²) in [6.45, 7) is 0.736. The molecule has 2 aromatic carbocycles. The van der Waals surface area contributed by atoms with Gasteiger partial charge < -0.3 is 14.1 Å². The van der Waals surface area contributed by atoms with Crippen LogP contribution in [0.3, 0.4) is 0 Å². The van der Waals surface area contributed by atoms with Crippen LogP contribution in [0.1, 0.15) is 40.9 Å². The van der Waals surface area contributed by atoms with Crippen LogP contribution in [-0.4, -0.2) is 34.1 Å². The average molecular weight is 417 g/mol. The Morgan fingerprint density at radius 2 is 1.67 bits per heavy atom. The molecule has 1 amide bonds. The number of piperidine rings is 1. The Kier molecular flexibility index (Phi) is 5.43. The van der Waals surface area contributed by atoms with Gasteiger partial charge in [-0.25, -0.2) is 0 Å². The molecule has 0 bridgehead atoms. The lowest BCUT2D eigenvalue weighted by Crippen LogP contribution is -2.38. The van der Waals surface area contributed by atoms with E-state index in [0.29, 0.717) is 43.0 Å². The van der Waals surface area contributed by atoms with Gasteiger partial charge in [-0.3, -0.25) is 4.79 Å². The van der Waals surface area contributed by atoms with Gasteiger partial charge in [-0.05, 0) is 37.1 Å². The van der Waals surface area contributed by atoms with E-state index >= 15 is 0 Å². The summed E-state index contributed by atoms with van der Waals surface area (Å²) in [4.78, 5) is 14.7. The van der Waals surface area contributed by atoms with E-state index in [-0.39, 0.29) is 17.7 Å². The summed E-state index contributed by atoms with van der Waals surface area (Å²) >= 11 is 0. The van der Waals surface area contributed by atoms with E-state index in [9.17, 15) is 18.0 Å². The molecular weight excluding hydrogens is 399 g/mol.